The summed E-state index contributed by atoms with van der Waals surface area (Å²) in [5, 5.41) is 7.12. The number of hydrogen-bond donors (Lipinski definition) is 2. The molecule has 2 nitrogen and oxygen atoms in total. The molecule has 3 atom stereocenters. The van der Waals surface area contributed by atoms with Crippen molar-refractivity contribution >= 4 is 21.6 Å². The first kappa shape index (κ1) is 14.3. The third-order valence-electron chi connectivity index (χ3n) is 4.73. The maximum atomic E-state index is 14.0. The highest BCUT2D eigenvalue weighted by molar-refractivity contribution is 9.10. The Bertz CT molecular complexity index is 440. The molecule has 1 aliphatic heterocycles. The van der Waals surface area contributed by atoms with Crippen molar-refractivity contribution in [3.05, 3.63) is 28.5 Å². The number of hydrogen-bond acceptors (Lipinski definition) is 2. The van der Waals surface area contributed by atoms with Crippen LogP contribution in [-0.4, -0.2) is 18.6 Å². The van der Waals surface area contributed by atoms with Gasteiger partial charge in [0.2, 0.25) is 0 Å². The molecule has 3 rings (SSSR count). The number of nitrogens with one attached hydrogen (secondary N) is 2. The Kier molecular flexibility index (Phi) is 4.61. The molecular formula is C16H22BrFN2. The van der Waals surface area contributed by atoms with Gasteiger partial charge in [0.05, 0.1) is 5.69 Å². The normalized spacial score (nSPS) is 30.4. The smallest absolute Gasteiger partial charge is 0.147 e. The third-order valence-corrected chi connectivity index (χ3v) is 5.39. The van der Waals surface area contributed by atoms with Crippen molar-refractivity contribution in [2.24, 2.45) is 5.92 Å². The van der Waals surface area contributed by atoms with Gasteiger partial charge in [-0.25, -0.2) is 4.39 Å². The molecule has 0 radical (unpaired) electrons. The van der Waals surface area contributed by atoms with E-state index in [1.165, 1.54) is 38.2 Å². The first-order valence-electron chi connectivity index (χ1n) is 7.69. The van der Waals surface area contributed by atoms with Gasteiger partial charge in [0.25, 0.3) is 0 Å². The monoisotopic (exact) mass is 340 g/mol. The average molecular weight is 341 g/mol. The van der Waals surface area contributed by atoms with E-state index in [2.05, 4.69) is 26.6 Å². The first-order chi connectivity index (χ1) is 9.75. The van der Waals surface area contributed by atoms with Crippen LogP contribution in [0.4, 0.5) is 10.1 Å². The van der Waals surface area contributed by atoms with Crippen LogP contribution in [0, 0.1) is 11.7 Å². The minimum absolute atomic E-state index is 0.165. The predicted molar refractivity (Wildman–Crippen MR) is 84.5 cm³/mol. The lowest BCUT2D eigenvalue weighted by atomic mass is 9.88. The number of piperidine rings is 1. The van der Waals surface area contributed by atoms with Crippen LogP contribution in [0.1, 0.15) is 38.5 Å². The Hall–Kier alpha value is -0.610. The largest absolute Gasteiger partial charge is 0.379 e. The van der Waals surface area contributed by atoms with Crippen molar-refractivity contribution in [3.63, 3.8) is 0 Å². The molecule has 0 aromatic heterocycles. The second-order valence-electron chi connectivity index (χ2n) is 6.00. The van der Waals surface area contributed by atoms with Crippen LogP contribution >= 0.6 is 15.9 Å². The van der Waals surface area contributed by atoms with Crippen LogP contribution in [0.25, 0.3) is 0 Å². The van der Waals surface area contributed by atoms with E-state index in [9.17, 15) is 4.39 Å². The van der Waals surface area contributed by atoms with Crippen LogP contribution in [0.3, 0.4) is 0 Å². The van der Waals surface area contributed by atoms with Crippen LogP contribution in [0.15, 0.2) is 22.7 Å². The van der Waals surface area contributed by atoms with E-state index in [4.69, 9.17) is 0 Å². The van der Waals surface area contributed by atoms with Gasteiger partial charge < -0.3 is 10.6 Å². The molecule has 0 spiro atoms. The topological polar surface area (TPSA) is 24.1 Å². The fourth-order valence-corrected chi connectivity index (χ4v) is 4.17. The summed E-state index contributed by atoms with van der Waals surface area (Å²) < 4.78 is 14.8. The van der Waals surface area contributed by atoms with Gasteiger partial charge in [-0.05, 0) is 66.2 Å². The number of halogens is 2. The Labute approximate surface area is 128 Å². The zero-order valence-electron chi connectivity index (χ0n) is 11.7. The Morgan fingerprint density at radius 3 is 2.80 bits per heavy atom. The minimum atomic E-state index is -0.165. The summed E-state index contributed by atoms with van der Waals surface area (Å²) >= 11 is 3.45. The molecule has 2 aliphatic rings. The average Bonchev–Trinajstić information content (AvgIpc) is 2.92. The number of para-hydroxylation sites is 1. The summed E-state index contributed by atoms with van der Waals surface area (Å²) in [5.74, 6) is 0.462. The molecule has 1 aliphatic carbocycles. The lowest BCUT2D eigenvalue weighted by Crippen LogP contribution is -2.44. The van der Waals surface area contributed by atoms with Gasteiger partial charge in [0.15, 0.2) is 0 Å². The number of anilines is 1. The molecule has 1 heterocycles. The number of benzene rings is 1. The standard InChI is InChI=1S/C16H22BrFN2/c17-12-6-4-7-13(18)16(12)20-15-9-3-5-11(15)14-8-1-2-10-19-14/h4,6-7,11,14-15,19-20H,1-3,5,8-10H2. The van der Waals surface area contributed by atoms with E-state index < -0.39 is 0 Å². The third kappa shape index (κ3) is 3.01. The van der Waals surface area contributed by atoms with Crippen molar-refractivity contribution in [2.45, 2.75) is 50.6 Å². The van der Waals surface area contributed by atoms with Crippen LogP contribution in [0.5, 0.6) is 0 Å². The lowest BCUT2D eigenvalue weighted by molar-refractivity contribution is 0.286. The predicted octanol–water partition coefficient (Wildman–Crippen LogP) is 4.31. The summed E-state index contributed by atoms with van der Waals surface area (Å²) in [5.41, 5.74) is 0.625. The van der Waals surface area contributed by atoms with E-state index in [1.54, 1.807) is 6.07 Å². The van der Waals surface area contributed by atoms with Crippen molar-refractivity contribution in [3.8, 4) is 0 Å². The molecule has 1 aromatic rings. The van der Waals surface area contributed by atoms with E-state index in [0.29, 0.717) is 23.7 Å². The van der Waals surface area contributed by atoms with Gasteiger partial charge >= 0.3 is 0 Å². The molecule has 20 heavy (non-hydrogen) atoms. The highest BCUT2D eigenvalue weighted by Crippen LogP contribution is 2.36. The molecule has 2 N–H and O–H groups in total. The lowest BCUT2D eigenvalue weighted by Gasteiger charge is -2.33. The zero-order chi connectivity index (χ0) is 13.9. The quantitative estimate of drug-likeness (QED) is 0.856. The summed E-state index contributed by atoms with van der Waals surface area (Å²) in [4.78, 5) is 0. The van der Waals surface area contributed by atoms with Crippen LogP contribution < -0.4 is 10.6 Å². The van der Waals surface area contributed by atoms with Crippen LogP contribution in [0.2, 0.25) is 0 Å². The van der Waals surface area contributed by atoms with Gasteiger partial charge in [-0.1, -0.05) is 18.9 Å². The summed E-state index contributed by atoms with van der Waals surface area (Å²) in [6.45, 7) is 1.14. The van der Waals surface area contributed by atoms with Gasteiger partial charge in [-0.2, -0.15) is 0 Å². The molecule has 2 fully saturated rings. The summed E-state index contributed by atoms with van der Waals surface area (Å²) in [7, 11) is 0. The Morgan fingerprint density at radius 1 is 1.15 bits per heavy atom. The molecule has 1 aromatic carbocycles. The highest BCUT2D eigenvalue weighted by atomic mass is 79.9. The SMILES string of the molecule is Fc1cccc(Br)c1NC1CCCC1C1CCCCN1. The van der Waals surface area contributed by atoms with Gasteiger partial charge in [-0.15, -0.1) is 0 Å². The van der Waals surface area contributed by atoms with E-state index in [-0.39, 0.29) is 5.82 Å². The van der Waals surface area contributed by atoms with E-state index in [1.807, 2.05) is 6.07 Å². The van der Waals surface area contributed by atoms with Crippen molar-refractivity contribution in [1.29, 1.82) is 0 Å². The maximum absolute atomic E-state index is 14.0. The Balaban J connectivity index is 1.72. The molecular weight excluding hydrogens is 319 g/mol. The van der Waals surface area contributed by atoms with Crippen LogP contribution in [-0.2, 0) is 0 Å². The molecule has 3 unspecified atom stereocenters. The second kappa shape index (κ2) is 6.44. The van der Waals surface area contributed by atoms with Gasteiger partial charge in [0, 0.05) is 16.6 Å². The molecule has 1 saturated carbocycles. The van der Waals surface area contributed by atoms with Crippen molar-refractivity contribution in [1.82, 2.24) is 5.32 Å². The van der Waals surface area contributed by atoms with E-state index in [0.717, 1.165) is 17.4 Å². The number of rotatable bonds is 3. The molecule has 4 heteroatoms. The highest BCUT2D eigenvalue weighted by Gasteiger charge is 2.34. The minimum Gasteiger partial charge on any atom is -0.379 e. The molecule has 0 amide bonds. The Morgan fingerprint density at radius 2 is 2.05 bits per heavy atom. The summed E-state index contributed by atoms with van der Waals surface area (Å²) in [6, 6.07) is 6.15. The zero-order valence-corrected chi connectivity index (χ0v) is 13.3. The van der Waals surface area contributed by atoms with E-state index >= 15 is 0 Å². The summed E-state index contributed by atoms with van der Waals surface area (Å²) in [6.07, 6.45) is 7.52. The van der Waals surface area contributed by atoms with Crippen molar-refractivity contribution in [2.75, 3.05) is 11.9 Å². The fraction of sp³-hybridized carbons (Fsp3) is 0.625. The molecule has 0 bridgehead atoms. The van der Waals surface area contributed by atoms with Crippen molar-refractivity contribution < 1.29 is 4.39 Å². The first-order valence-corrected chi connectivity index (χ1v) is 8.49. The van der Waals surface area contributed by atoms with Gasteiger partial charge in [0.1, 0.15) is 5.82 Å². The maximum Gasteiger partial charge on any atom is 0.147 e. The molecule has 110 valence electrons. The molecule has 1 saturated heterocycles. The van der Waals surface area contributed by atoms with Gasteiger partial charge in [-0.3, -0.25) is 0 Å². The second-order valence-corrected chi connectivity index (χ2v) is 6.85. The fourth-order valence-electron chi connectivity index (χ4n) is 3.71.